The van der Waals surface area contributed by atoms with Crippen LogP contribution in [0.15, 0.2) is 24.3 Å². The van der Waals surface area contributed by atoms with Crippen LogP contribution in [0.1, 0.15) is 0 Å². The predicted molar refractivity (Wildman–Crippen MR) is 125 cm³/mol. The fourth-order valence-electron chi connectivity index (χ4n) is 3.43. The Morgan fingerprint density at radius 1 is 0.735 bits per heavy atom. The summed E-state index contributed by atoms with van der Waals surface area (Å²) in [5, 5.41) is 31.1. The molecular weight excluding hydrogens is 448 g/mol. The van der Waals surface area contributed by atoms with Gasteiger partial charge in [-0.1, -0.05) is 0 Å². The molecule has 0 saturated carbocycles. The van der Waals surface area contributed by atoms with Crippen molar-refractivity contribution < 1.29 is 34.5 Å². The molecule has 34 heavy (non-hydrogen) atoms. The molecule has 0 unspecified atom stereocenters. The van der Waals surface area contributed by atoms with Crippen molar-refractivity contribution in [2.24, 2.45) is 0 Å². The molecule has 1 saturated heterocycles. The smallest absolute Gasteiger partial charge is 0.407 e. The summed E-state index contributed by atoms with van der Waals surface area (Å²) in [5.41, 5.74) is 1.59. The molecule has 13 nitrogen and oxygen atoms in total. The number of benzene rings is 1. The van der Waals surface area contributed by atoms with Crippen molar-refractivity contribution in [1.82, 2.24) is 19.6 Å². The fraction of sp³-hybridized carbons (Fsp3) is 0.524. The molecule has 1 aliphatic heterocycles. The van der Waals surface area contributed by atoms with Gasteiger partial charge in [-0.25, -0.2) is 14.4 Å². The zero-order chi connectivity index (χ0) is 25.3. The van der Waals surface area contributed by atoms with Gasteiger partial charge in [0.15, 0.2) is 0 Å². The Balaban J connectivity index is 2.08. The SMILES string of the molecule is CN(C)c1ccc(NC(=O)CN2CCN(C(=O)O)CCN(C(=O)O)CCN(C(=O)O)CC2)cc1. The largest absolute Gasteiger partial charge is 0.465 e. The van der Waals surface area contributed by atoms with Gasteiger partial charge in [0.2, 0.25) is 5.91 Å². The third-order valence-electron chi connectivity index (χ3n) is 5.50. The minimum Gasteiger partial charge on any atom is -0.465 e. The van der Waals surface area contributed by atoms with Crippen LogP contribution in [0.3, 0.4) is 0 Å². The first-order valence-electron chi connectivity index (χ1n) is 10.8. The third-order valence-corrected chi connectivity index (χ3v) is 5.50. The molecule has 13 heteroatoms. The van der Waals surface area contributed by atoms with Gasteiger partial charge in [-0.2, -0.15) is 0 Å². The van der Waals surface area contributed by atoms with Crippen molar-refractivity contribution in [3.63, 3.8) is 0 Å². The van der Waals surface area contributed by atoms with Crippen LogP contribution in [0.4, 0.5) is 25.8 Å². The zero-order valence-corrected chi connectivity index (χ0v) is 19.4. The maximum Gasteiger partial charge on any atom is 0.407 e. The molecule has 1 heterocycles. The van der Waals surface area contributed by atoms with Crippen LogP contribution in [0.5, 0.6) is 0 Å². The highest BCUT2D eigenvalue weighted by Gasteiger charge is 2.23. The number of carbonyl (C=O) groups excluding carboxylic acids is 1. The number of anilines is 2. The molecule has 0 aliphatic carbocycles. The average Bonchev–Trinajstić information content (AvgIpc) is 2.75. The van der Waals surface area contributed by atoms with Crippen molar-refractivity contribution >= 4 is 35.6 Å². The van der Waals surface area contributed by atoms with Gasteiger partial charge in [-0.3, -0.25) is 9.69 Å². The molecule has 1 fully saturated rings. The van der Waals surface area contributed by atoms with E-state index in [0.717, 1.165) is 20.4 Å². The van der Waals surface area contributed by atoms with Gasteiger partial charge >= 0.3 is 18.3 Å². The number of hydrogen-bond acceptors (Lipinski definition) is 6. The second-order valence-corrected chi connectivity index (χ2v) is 8.07. The topological polar surface area (TPSA) is 157 Å². The van der Waals surface area contributed by atoms with E-state index in [0.29, 0.717) is 5.69 Å². The first-order valence-corrected chi connectivity index (χ1v) is 10.8. The number of nitrogens with zero attached hydrogens (tertiary/aromatic N) is 5. The average molecular weight is 481 g/mol. The molecule has 2 rings (SSSR count). The lowest BCUT2D eigenvalue weighted by Gasteiger charge is -2.31. The summed E-state index contributed by atoms with van der Waals surface area (Å²) in [6.07, 6.45) is -3.63. The Morgan fingerprint density at radius 3 is 1.47 bits per heavy atom. The number of amides is 4. The van der Waals surface area contributed by atoms with Gasteiger partial charge in [0.1, 0.15) is 0 Å². The molecule has 0 spiro atoms. The van der Waals surface area contributed by atoms with Gasteiger partial charge in [0.25, 0.3) is 0 Å². The van der Waals surface area contributed by atoms with E-state index in [2.05, 4.69) is 5.32 Å². The minimum atomic E-state index is -1.25. The number of hydrogen-bond donors (Lipinski definition) is 4. The Hall–Kier alpha value is -3.74. The molecule has 1 aromatic rings. The van der Waals surface area contributed by atoms with E-state index in [1.807, 2.05) is 31.1 Å². The fourth-order valence-corrected chi connectivity index (χ4v) is 3.43. The van der Waals surface area contributed by atoms with E-state index < -0.39 is 18.3 Å². The number of rotatable bonds is 4. The van der Waals surface area contributed by atoms with E-state index in [1.165, 1.54) is 0 Å². The van der Waals surface area contributed by atoms with Crippen LogP contribution in [0.2, 0.25) is 0 Å². The first-order chi connectivity index (χ1) is 16.1. The second kappa shape index (κ2) is 12.5. The number of nitrogens with one attached hydrogen (secondary N) is 1. The summed E-state index contributed by atoms with van der Waals surface area (Å²) in [7, 11) is 3.81. The van der Waals surface area contributed by atoms with Crippen LogP contribution in [-0.2, 0) is 4.79 Å². The summed E-state index contributed by atoms with van der Waals surface area (Å²) in [6.45, 7) is 0.0928. The lowest BCUT2D eigenvalue weighted by molar-refractivity contribution is -0.117. The van der Waals surface area contributed by atoms with Crippen LogP contribution >= 0.6 is 0 Å². The van der Waals surface area contributed by atoms with Crippen LogP contribution < -0.4 is 10.2 Å². The normalized spacial score (nSPS) is 16.2. The first kappa shape index (κ1) is 26.5. The van der Waals surface area contributed by atoms with Crippen molar-refractivity contribution in [2.75, 3.05) is 83.2 Å². The molecule has 4 N–H and O–H groups in total. The van der Waals surface area contributed by atoms with Crippen LogP contribution in [0, 0.1) is 0 Å². The molecule has 0 atom stereocenters. The molecule has 0 radical (unpaired) electrons. The quantitative estimate of drug-likeness (QED) is 0.492. The van der Waals surface area contributed by atoms with E-state index in [1.54, 1.807) is 17.0 Å². The Kier molecular flexibility index (Phi) is 9.74. The molecule has 4 amide bonds. The van der Waals surface area contributed by atoms with Crippen molar-refractivity contribution in [3.05, 3.63) is 24.3 Å². The Morgan fingerprint density at radius 2 is 1.12 bits per heavy atom. The standard InChI is InChI=1S/C21H32N6O7/c1-23(2)17-5-3-16(4-6-17)22-18(28)15-24-7-9-25(19(29)30)11-13-27(21(33)34)14-12-26(10-8-24)20(31)32/h3-6H,7-15H2,1-2H3,(H,22,28)(H,29,30)(H,31,32)(H,33,34). The lowest BCUT2D eigenvalue weighted by atomic mass is 10.2. The summed E-state index contributed by atoms with van der Waals surface area (Å²) in [6, 6.07) is 7.27. The van der Waals surface area contributed by atoms with Gasteiger partial charge in [0.05, 0.1) is 6.54 Å². The second-order valence-electron chi connectivity index (χ2n) is 8.07. The van der Waals surface area contributed by atoms with Gasteiger partial charge in [-0.15, -0.1) is 0 Å². The van der Waals surface area contributed by atoms with Crippen molar-refractivity contribution in [3.8, 4) is 0 Å². The monoisotopic (exact) mass is 480 g/mol. The molecule has 0 bridgehead atoms. The minimum absolute atomic E-state index is 0.0423. The van der Waals surface area contributed by atoms with Gasteiger partial charge in [-0.05, 0) is 24.3 Å². The predicted octanol–water partition coefficient (Wildman–Crippen LogP) is 0.947. The van der Waals surface area contributed by atoms with E-state index >= 15 is 0 Å². The van der Waals surface area contributed by atoms with Gasteiger partial charge < -0.3 is 40.2 Å². The summed E-state index contributed by atoms with van der Waals surface area (Å²) in [5.74, 6) is -0.314. The summed E-state index contributed by atoms with van der Waals surface area (Å²) >= 11 is 0. The highest BCUT2D eigenvalue weighted by Crippen LogP contribution is 2.15. The maximum atomic E-state index is 12.6. The van der Waals surface area contributed by atoms with Crippen LogP contribution in [-0.4, -0.2) is 132 Å². The Bertz CT molecular complexity index is 834. The molecule has 1 aromatic carbocycles. The number of carboxylic acid groups (broad SMARTS) is 3. The van der Waals surface area contributed by atoms with Crippen molar-refractivity contribution in [2.45, 2.75) is 0 Å². The van der Waals surface area contributed by atoms with E-state index in [4.69, 9.17) is 0 Å². The zero-order valence-electron chi connectivity index (χ0n) is 19.4. The summed E-state index contributed by atoms with van der Waals surface area (Å²) in [4.78, 5) is 54.1. The maximum absolute atomic E-state index is 12.6. The van der Waals surface area contributed by atoms with Gasteiger partial charge in [0, 0.05) is 77.8 Å². The molecule has 1 aliphatic rings. The highest BCUT2D eigenvalue weighted by atomic mass is 16.4. The Labute approximate surface area is 197 Å². The number of carbonyl (C=O) groups is 4. The van der Waals surface area contributed by atoms with Crippen molar-refractivity contribution in [1.29, 1.82) is 0 Å². The lowest BCUT2D eigenvalue weighted by Crippen LogP contribution is -2.49. The molecular formula is C21H32N6O7. The van der Waals surface area contributed by atoms with E-state index in [9.17, 15) is 34.5 Å². The molecule has 188 valence electrons. The molecule has 0 aromatic heterocycles. The summed E-state index contributed by atoms with van der Waals surface area (Å²) < 4.78 is 0. The van der Waals surface area contributed by atoms with E-state index in [-0.39, 0.29) is 64.8 Å². The van der Waals surface area contributed by atoms with Crippen LogP contribution in [0.25, 0.3) is 0 Å². The highest BCUT2D eigenvalue weighted by molar-refractivity contribution is 5.92. The third kappa shape index (κ3) is 8.31.